The summed E-state index contributed by atoms with van der Waals surface area (Å²) in [7, 11) is 0. The number of amides is 1. The highest BCUT2D eigenvalue weighted by atomic mass is 35.5. The van der Waals surface area contributed by atoms with Crippen LogP contribution in [-0.2, 0) is 4.79 Å². The van der Waals surface area contributed by atoms with Gasteiger partial charge in [-0.2, -0.15) is 0 Å². The highest BCUT2D eigenvalue weighted by molar-refractivity contribution is 6.30. The highest BCUT2D eigenvalue weighted by Crippen LogP contribution is 2.28. The Bertz CT molecular complexity index is 486. The van der Waals surface area contributed by atoms with Crippen LogP contribution in [0, 0.1) is 5.82 Å². The lowest BCUT2D eigenvalue weighted by molar-refractivity contribution is -0.126. The van der Waals surface area contributed by atoms with Crippen molar-refractivity contribution in [2.45, 2.75) is 44.2 Å². The van der Waals surface area contributed by atoms with Gasteiger partial charge in [-0.1, -0.05) is 30.5 Å². The molecule has 0 radical (unpaired) electrons. The van der Waals surface area contributed by atoms with Crippen LogP contribution in [-0.4, -0.2) is 11.4 Å². The van der Waals surface area contributed by atoms with Crippen LogP contribution in [0.4, 0.5) is 4.39 Å². The zero-order valence-corrected chi connectivity index (χ0v) is 11.6. The summed E-state index contributed by atoms with van der Waals surface area (Å²) in [6.07, 6.45) is 3.41. The Morgan fingerprint density at radius 1 is 1.47 bits per heavy atom. The van der Waals surface area contributed by atoms with Crippen molar-refractivity contribution in [2.24, 2.45) is 5.73 Å². The Morgan fingerprint density at radius 3 is 2.68 bits per heavy atom. The second-order valence-electron chi connectivity index (χ2n) is 5.23. The molecule has 0 saturated heterocycles. The van der Waals surface area contributed by atoms with Gasteiger partial charge in [0.1, 0.15) is 5.82 Å². The van der Waals surface area contributed by atoms with E-state index in [2.05, 4.69) is 5.32 Å². The SMILES string of the molecule is CC(NC(=O)C1(N)CCCC1)c1ccc(F)c(Cl)c1. The van der Waals surface area contributed by atoms with Gasteiger partial charge in [0, 0.05) is 0 Å². The molecule has 1 atom stereocenters. The Morgan fingerprint density at radius 2 is 2.11 bits per heavy atom. The van der Waals surface area contributed by atoms with Crippen LogP contribution in [0.2, 0.25) is 5.02 Å². The molecule has 1 saturated carbocycles. The van der Waals surface area contributed by atoms with Crippen molar-refractivity contribution >= 4 is 17.5 Å². The first-order valence-corrected chi connectivity index (χ1v) is 6.85. The number of carbonyl (C=O) groups is 1. The number of rotatable bonds is 3. The second-order valence-corrected chi connectivity index (χ2v) is 5.64. The summed E-state index contributed by atoms with van der Waals surface area (Å²) in [6, 6.07) is 4.20. The summed E-state index contributed by atoms with van der Waals surface area (Å²) in [4.78, 5) is 12.2. The van der Waals surface area contributed by atoms with Crippen LogP contribution < -0.4 is 11.1 Å². The Balaban J connectivity index is 2.06. The minimum atomic E-state index is -0.752. The number of nitrogens with two attached hydrogens (primary N) is 1. The molecule has 1 unspecified atom stereocenters. The van der Waals surface area contributed by atoms with Gasteiger partial charge in [0.15, 0.2) is 0 Å². The molecule has 0 bridgehead atoms. The number of benzene rings is 1. The molecule has 1 fully saturated rings. The monoisotopic (exact) mass is 284 g/mol. The van der Waals surface area contributed by atoms with Crippen molar-refractivity contribution in [1.29, 1.82) is 0 Å². The van der Waals surface area contributed by atoms with Crippen LogP contribution >= 0.6 is 11.6 Å². The van der Waals surface area contributed by atoms with E-state index in [1.54, 1.807) is 6.07 Å². The first-order chi connectivity index (χ1) is 8.92. The Hall–Kier alpha value is -1.13. The van der Waals surface area contributed by atoms with Gasteiger partial charge in [-0.05, 0) is 37.5 Å². The molecule has 5 heteroatoms. The molecule has 0 spiro atoms. The molecule has 19 heavy (non-hydrogen) atoms. The summed E-state index contributed by atoms with van der Waals surface area (Å²) in [5.74, 6) is -0.604. The van der Waals surface area contributed by atoms with E-state index in [9.17, 15) is 9.18 Å². The van der Waals surface area contributed by atoms with Crippen LogP contribution in [0.15, 0.2) is 18.2 Å². The largest absolute Gasteiger partial charge is 0.348 e. The van der Waals surface area contributed by atoms with E-state index in [-0.39, 0.29) is 17.0 Å². The molecule has 0 aromatic heterocycles. The Kier molecular flexibility index (Phi) is 4.11. The average Bonchev–Trinajstić information content (AvgIpc) is 2.81. The van der Waals surface area contributed by atoms with Gasteiger partial charge in [0.05, 0.1) is 16.6 Å². The van der Waals surface area contributed by atoms with Crippen molar-refractivity contribution in [3.63, 3.8) is 0 Å². The maximum absolute atomic E-state index is 13.1. The number of halogens is 2. The third kappa shape index (κ3) is 3.07. The summed E-state index contributed by atoms with van der Waals surface area (Å²) < 4.78 is 13.1. The fourth-order valence-electron chi connectivity index (χ4n) is 2.44. The lowest BCUT2D eigenvalue weighted by Crippen LogP contribution is -2.52. The van der Waals surface area contributed by atoms with Crippen molar-refractivity contribution in [1.82, 2.24) is 5.32 Å². The molecule has 1 aliphatic carbocycles. The minimum absolute atomic E-state index is 0.0573. The summed E-state index contributed by atoms with van der Waals surface area (Å²) in [6.45, 7) is 1.83. The van der Waals surface area contributed by atoms with Gasteiger partial charge < -0.3 is 11.1 Å². The summed E-state index contributed by atoms with van der Waals surface area (Å²) >= 11 is 5.74. The standard InChI is InChI=1S/C14H18ClFN2O/c1-9(10-4-5-12(16)11(15)8-10)18-13(19)14(17)6-2-3-7-14/h4-5,8-9H,2-3,6-7,17H2,1H3,(H,18,19). The van der Waals surface area contributed by atoms with E-state index in [1.165, 1.54) is 12.1 Å². The van der Waals surface area contributed by atoms with E-state index in [1.807, 2.05) is 6.92 Å². The molecule has 1 amide bonds. The van der Waals surface area contributed by atoms with Gasteiger partial charge in [-0.15, -0.1) is 0 Å². The molecule has 1 aromatic rings. The van der Waals surface area contributed by atoms with Crippen molar-refractivity contribution < 1.29 is 9.18 Å². The molecule has 2 rings (SSSR count). The van der Waals surface area contributed by atoms with Crippen LogP contribution in [0.3, 0.4) is 0 Å². The molecular formula is C14H18ClFN2O. The van der Waals surface area contributed by atoms with E-state index >= 15 is 0 Å². The first-order valence-electron chi connectivity index (χ1n) is 6.47. The van der Waals surface area contributed by atoms with Gasteiger partial charge in [-0.3, -0.25) is 4.79 Å². The highest BCUT2D eigenvalue weighted by Gasteiger charge is 2.37. The van der Waals surface area contributed by atoms with Crippen LogP contribution in [0.5, 0.6) is 0 Å². The average molecular weight is 285 g/mol. The zero-order valence-electron chi connectivity index (χ0n) is 10.9. The van der Waals surface area contributed by atoms with Gasteiger partial charge in [0.25, 0.3) is 0 Å². The molecule has 104 valence electrons. The number of nitrogens with one attached hydrogen (secondary N) is 1. The molecule has 1 aliphatic rings. The second kappa shape index (κ2) is 5.47. The predicted octanol–water partition coefficient (Wildman–Crippen LogP) is 2.93. The summed E-state index contributed by atoms with van der Waals surface area (Å²) in [5, 5.41) is 2.94. The zero-order chi connectivity index (χ0) is 14.0. The first kappa shape index (κ1) is 14.3. The molecule has 0 heterocycles. The molecular weight excluding hydrogens is 267 g/mol. The number of carbonyl (C=O) groups excluding carboxylic acids is 1. The minimum Gasteiger partial charge on any atom is -0.348 e. The van der Waals surface area contributed by atoms with Gasteiger partial charge in [0.2, 0.25) is 5.91 Å². The lowest BCUT2D eigenvalue weighted by Gasteiger charge is -2.25. The Labute approximate surface area is 117 Å². The molecule has 1 aromatic carbocycles. The van der Waals surface area contributed by atoms with Gasteiger partial charge >= 0.3 is 0 Å². The van der Waals surface area contributed by atoms with E-state index in [0.29, 0.717) is 0 Å². The fourth-order valence-corrected chi connectivity index (χ4v) is 2.63. The third-order valence-electron chi connectivity index (χ3n) is 3.74. The normalized spacial score (nSPS) is 19.2. The van der Waals surface area contributed by atoms with Crippen LogP contribution in [0.25, 0.3) is 0 Å². The maximum Gasteiger partial charge on any atom is 0.240 e. The topological polar surface area (TPSA) is 55.1 Å². The fraction of sp³-hybridized carbons (Fsp3) is 0.500. The summed E-state index contributed by atoms with van der Waals surface area (Å²) in [5.41, 5.74) is 6.10. The van der Waals surface area contributed by atoms with E-state index in [4.69, 9.17) is 17.3 Å². The van der Waals surface area contributed by atoms with Crippen LogP contribution in [0.1, 0.15) is 44.2 Å². The quantitative estimate of drug-likeness (QED) is 0.897. The maximum atomic E-state index is 13.1. The predicted molar refractivity (Wildman–Crippen MR) is 73.4 cm³/mol. The lowest BCUT2D eigenvalue weighted by atomic mass is 9.97. The molecule has 3 nitrogen and oxygen atoms in total. The van der Waals surface area contributed by atoms with E-state index < -0.39 is 11.4 Å². The smallest absolute Gasteiger partial charge is 0.240 e. The number of hydrogen-bond acceptors (Lipinski definition) is 2. The van der Waals surface area contributed by atoms with Gasteiger partial charge in [-0.25, -0.2) is 4.39 Å². The van der Waals surface area contributed by atoms with Crippen molar-refractivity contribution in [2.75, 3.05) is 0 Å². The third-order valence-corrected chi connectivity index (χ3v) is 4.03. The molecule has 0 aliphatic heterocycles. The number of hydrogen-bond donors (Lipinski definition) is 2. The molecule has 3 N–H and O–H groups in total. The van der Waals surface area contributed by atoms with E-state index in [0.717, 1.165) is 31.2 Å². The van der Waals surface area contributed by atoms with Crippen molar-refractivity contribution in [3.8, 4) is 0 Å². The van der Waals surface area contributed by atoms with Crippen molar-refractivity contribution in [3.05, 3.63) is 34.6 Å².